The lowest BCUT2D eigenvalue weighted by atomic mass is 9.98. The SMILES string of the molecule is COc1ccc(C(N)c2ccc(Cl)cc2Cl)cc1C. The van der Waals surface area contributed by atoms with Crippen LogP contribution in [0.2, 0.25) is 10.0 Å². The van der Waals surface area contributed by atoms with Crippen LogP contribution in [0.4, 0.5) is 0 Å². The highest BCUT2D eigenvalue weighted by molar-refractivity contribution is 6.35. The van der Waals surface area contributed by atoms with Gasteiger partial charge in [0.2, 0.25) is 0 Å². The van der Waals surface area contributed by atoms with E-state index in [1.807, 2.05) is 31.2 Å². The summed E-state index contributed by atoms with van der Waals surface area (Å²) in [4.78, 5) is 0. The molecule has 0 spiro atoms. The first kappa shape index (κ1) is 14.2. The molecule has 0 aliphatic heterocycles. The Morgan fingerprint density at radius 3 is 2.42 bits per heavy atom. The van der Waals surface area contributed by atoms with Crippen molar-refractivity contribution in [3.05, 3.63) is 63.1 Å². The van der Waals surface area contributed by atoms with Crippen LogP contribution in [0.5, 0.6) is 5.75 Å². The Labute approximate surface area is 123 Å². The summed E-state index contributed by atoms with van der Waals surface area (Å²) in [5.41, 5.74) is 9.15. The molecule has 2 nitrogen and oxygen atoms in total. The number of hydrogen-bond donors (Lipinski definition) is 1. The van der Waals surface area contributed by atoms with Gasteiger partial charge in [0.1, 0.15) is 5.75 Å². The molecule has 0 heterocycles. The number of benzene rings is 2. The van der Waals surface area contributed by atoms with Gasteiger partial charge >= 0.3 is 0 Å². The molecule has 1 unspecified atom stereocenters. The van der Waals surface area contributed by atoms with Gasteiger partial charge in [-0.05, 0) is 41.8 Å². The third-order valence-corrected chi connectivity index (χ3v) is 3.64. The largest absolute Gasteiger partial charge is 0.496 e. The predicted molar refractivity (Wildman–Crippen MR) is 80.2 cm³/mol. The molecule has 1 atom stereocenters. The van der Waals surface area contributed by atoms with E-state index in [1.54, 1.807) is 19.2 Å². The van der Waals surface area contributed by atoms with E-state index in [9.17, 15) is 0 Å². The van der Waals surface area contributed by atoms with Crippen molar-refractivity contribution in [3.8, 4) is 5.75 Å². The molecule has 4 heteroatoms. The predicted octanol–water partition coefficient (Wildman–Crippen LogP) is 4.36. The monoisotopic (exact) mass is 295 g/mol. The Bertz CT molecular complexity index is 599. The second-order valence-corrected chi connectivity index (χ2v) is 5.22. The van der Waals surface area contributed by atoms with E-state index in [2.05, 4.69) is 0 Å². The van der Waals surface area contributed by atoms with E-state index in [0.29, 0.717) is 10.0 Å². The number of methoxy groups -OCH3 is 1. The van der Waals surface area contributed by atoms with Crippen molar-refractivity contribution in [2.24, 2.45) is 5.73 Å². The van der Waals surface area contributed by atoms with Crippen molar-refractivity contribution in [2.75, 3.05) is 7.11 Å². The fraction of sp³-hybridized carbons (Fsp3) is 0.200. The summed E-state index contributed by atoms with van der Waals surface area (Å²) >= 11 is 12.1. The normalized spacial score (nSPS) is 12.3. The molecule has 0 aromatic heterocycles. The molecule has 100 valence electrons. The van der Waals surface area contributed by atoms with Crippen LogP contribution in [0.15, 0.2) is 36.4 Å². The lowest BCUT2D eigenvalue weighted by molar-refractivity contribution is 0.411. The Kier molecular flexibility index (Phi) is 4.35. The molecule has 0 saturated carbocycles. The van der Waals surface area contributed by atoms with E-state index >= 15 is 0 Å². The number of aryl methyl sites for hydroxylation is 1. The fourth-order valence-electron chi connectivity index (χ4n) is 2.03. The number of hydrogen-bond acceptors (Lipinski definition) is 2. The van der Waals surface area contributed by atoms with Gasteiger partial charge in [-0.2, -0.15) is 0 Å². The zero-order chi connectivity index (χ0) is 14.0. The molecule has 2 aromatic carbocycles. The van der Waals surface area contributed by atoms with E-state index in [-0.39, 0.29) is 6.04 Å². The van der Waals surface area contributed by atoms with E-state index < -0.39 is 0 Å². The third-order valence-electron chi connectivity index (χ3n) is 3.08. The van der Waals surface area contributed by atoms with Gasteiger partial charge in [0.25, 0.3) is 0 Å². The molecule has 2 aromatic rings. The highest BCUT2D eigenvalue weighted by Crippen LogP contribution is 2.30. The Balaban J connectivity index is 2.38. The van der Waals surface area contributed by atoms with Crippen molar-refractivity contribution < 1.29 is 4.74 Å². The number of nitrogens with two attached hydrogens (primary N) is 1. The number of ether oxygens (including phenoxy) is 1. The molecule has 2 N–H and O–H groups in total. The summed E-state index contributed by atoms with van der Waals surface area (Å²) in [5, 5.41) is 1.18. The topological polar surface area (TPSA) is 35.2 Å². The summed E-state index contributed by atoms with van der Waals surface area (Å²) in [5.74, 6) is 0.846. The van der Waals surface area contributed by atoms with E-state index in [1.165, 1.54) is 0 Å². The number of rotatable bonds is 3. The highest BCUT2D eigenvalue weighted by Gasteiger charge is 2.14. The van der Waals surface area contributed by atoms with Gasteiger partial charge in [0, 0.05) is 10.0 Å². The van der Waals surface area contributed by atoms with Gasteiger partial charge in [-0.1, -0.05) is 41.4 Å². The summed E-state index contributed by atoms with van der Waals surface area (Å²) in [6.07, 6.45) is 0. The van der Waals surface area contributed by atoms with Crippen LogP contribution >= 0.6 is 23.2 Å². The fourth-order valence-corrected chi connectivity index (χ4v) is 2.55. The van der Waals surface area contributed by atoms with Crippen LogP contribution in [0.1, 0.15) is 22.7 Å². The molecular weight excluding hydrogens is 281 g/mol. The van der Waals surface area contributed by atoms with Gasteiger partial charge < -0.3 is 10.5 Å². The molecule has 2 rings (SSSR count). The first-order valence-corrected chi connectivity index (χ1v) is 6.63. The quantitative estimate of drug-likeness (QED) is 0.913. The van der Waals surface area contributed by atoms with Crippen molar-refractivity contribution in [1.29, 1.82) is 0 Å². The van der Waals surface area contributed by atoms with Crippen LogP contribution in [0.25, 0.3) is 0 Å². The average Bonchev–Trinajstić information content (AvgIpc) is 2.38. The Morgan fingerprint density at radius 2 is 1.84 bits per heavy atom. The summed E-state index contributed by atoms with van der Waals surface area (Å²) < 4.78 is 5.24. The van der Waals surface area contributed by atoms with Crippen LogP contribution in [-0.4, -0.2) is 7.11 Å². The summed E-state index contributed by atoms with van der Waals surface area (Å²) in [7, 11) is 1.65. The average molecular weight is 296 g/mol. The van der Waals surface area contributed by atoms with Crippen molar-refractivity contribution in [3.63, 3.8) is 0 Å². The molecule has 0 radical (unpaired) electrons. The molecule has 0 bridgehead atoms. The maximum atomic E-state index is 6.26. The lowest BCUT2D eigenvalue weighted by Crippen LogP contribution is -2.12. The van der Waals surface area contributed by atoms with Gasteiger partial charge in [-0.15, -0.1) is 0 Å². The second kappa shape index (κ2) is 5.83. The minimum Gasteiger partial charge on any atom is -0.496 e. The number of halogens is 2. The first-order valence-electron chi connectivity index (χ1n) is 5.88. The van der Waals surface area contributed by atoms with E-state index in [0.717, 1.165) is 22.4 Å². The summed E-state index contributed by atoms with van der Waals surface area (Å²) in [6.45, 7) is 1.98. The smallest absolute Gasteiger partial charge is 0.121 e. The minimum atomic E-state index is -0.283. The van der Waals surface area contributed by atoms with E-state index in [4.69, 9.17) is 33.7 Å². The molecule has 0 saturated heterocycles. The van der Waals surface area contributed by atoms with Crippen LogP contribution < -0.4 is 10.5 Å². The van der Waals surface area contributed by atoms with Gasteiger partial charge in [0.15, 0.2) is 0 Å². The van der Waals surface area contributed by atoms with Crippen molar-refractivity contribution in [2.45, 2.75) is 13.0 Å². The van der Waals surface area contributed by atoms with Crippen molar-refractivity contribution in [1.82, 2.24) is 0 Å². The van der Waals surface area contributed by atoms with Crippen LogP contribution in [0, 0.1) is 6.92 Å². The zero-order valence-electron chi connectivity index (χ0n) is 10.8. The van der Waals surface area contributed by atoms with Crippen molar-refractivity contribution >= 4 is 23.2 Å². The zero-order valence-corrected chi connectivity index (χ0v) is 12.3. The highest BCUT2D eigenvalue weighted by atomic mass is 35.5. The molecule has 0 fully saturated rings. The summed E-state index contributed by atoms with van der Waals surface area (Å²) in [6, 6.07) is 10.9. The maximum Gasteiger partial charge on any atom is 0.121 e. The first-order chi connectivity index (χ1) is 9.02. The molecular formula is C15H15Cl2NO. The Morgan fingerprint density at radius 1 is 1.11 bits per heavy atom. The maximum absolute atomic E-state index is 6.26. The molecule has 0 aliphatic carbocycles. The van der Waals surface area contributed by atoms with Crippen LogP contribution in [-0.2, 0) is 0 Å². The van der Waals surface area contributed by atoms with Gasteiger partial charge in [0.05, 0.1) is 13.2 Å². The molecule has 0 aliphatic rings. The lowest BCUT2D eigenvalue weighted by Gasteiger charge is -2.16. The molecule has 0 amide bonds. The van der Waals surface area contributed by atoms with Gasteiger partial charge in [-0.25, -0.2) is 0 Å². The van der Waals surface area contributed by atoms with Crippen LogP contribution in [0.3, 0.4) is 0 Å². The standard InChI is InChI=1S/C15H15Cl2NO/c1-9-7-10(3-6-14(9)19-2)15(18)12-5-4-11(16)8-13(12)17/h3-8,15H,18H2,1-2H3. The minimum absolute atomic E-state index is 0.283. The second-order valence-electron chi connectivity index (χ2n) is 4.37. The third kappa shape index (κ3) is 3.03. The molecule has 19 heavy (non-hydrogen) atoms. The van der Waals surface area contributed by atoms with Gasteiger partial charge in [-0.3, -0.25) is 0 Å². The Hall–Kier alpha value is -1.22.